The van der Waals surface area contributed by atoms with E-state index in [4.69, 9.17) is 13.3 Å². The molecule has 0 aromatic carbocycles. The van der Waals surface area contributed by atoms with Crippen LogP contribution in [0.5, 0.6) is 0 Å². The second-order valence-electron chi connectivity index (χ2n) is 30.2. The Morgan fingerprint density at radius 3 is 0.662 bits per heavy atom. The number of amides is 1. The van der Waals surface area contributed by atoms with Gasteiger partial charge in [0.15, 0.2) is 0 Å². The van der Waals surface area contributed by atoms with Gasteiger partial charge in [0.25, 0.3) is 0 Å². The van der Waals surface area contributed by atoms with Gasteiger partial charge in [-0.1, -0.05) is 152 Å². The molecule has 1 N–H and O–H groups in total. The fourth-order valence-electron chi connectivity index (χ4n) is 16.7. The molecule has 5 nitrogen and oxygen atoms in total. The summed E-state index contributed by atoms with van der Waals surface area (Å²) in [5, 5.41) is 3.19. The van der Waals surface area contributed by atoms with Crippen molar-refractivity contribution in [3.05, 3.63) is 0 Å². The van der Waals surface area contributed by atoms with E-state index in [0.717, 1.165) is 119 Å². The van der Waals surface area contributed by atoms with Crippen LogP contribution in [0, 0.1) is 118 Å². The Labute approximate surface area is 487 Å². The molecule has 0 bridgehead atoms. The first-order chi connectivity index (χ1) is 36.0. The molecule has 20 atom stereocenters. The molecule has 0 aliphatic rings. The summed E-state index contributed by atoms with van der Waals surface area (Å²) < 4.78 is 18.0. The summed E-state index contributed by atoms with van der Waals surface area (Å²) in [6.07, 6.45) is 27.8. The van der Waals surface area contributed by atoms with Crippen molar-refractivity contribution in [3.63, 3.8) is 0 Å². The quantitative estimate of drug-likeness (QED) is 0.0487. The van der Waals surface area contributed by atoms with Crippen molar-refractivity contribution in [1.82, 2.24) is 5.32 Å². The van der Waals surface area contributed by atoms with Crippen molar-refractivity contribution in [3.8, 4) is 0 Å². The minimum atomic E-state index is -2.67. The highest BCUT2D eigenvalue weighted by molar-refractivity contribution is 6.60. The number of carbonyl (C=O) groups excluding carboxylic acids is 1. The highest BCUT2D eigenvalue weighted by Gasteiger charge is 2.39. The molecule has 77 heavy (non-hydrogen) atoms. The van der Waals surface area contributed by atoms with Crippen molar-refractivity contribution in [2.75, 3.05) is 26.4 Å². The fourth-order valence-corrected chi connectivity index (χ4v) is 19.3. The second-order valence-corrected chi connectivity index (χ2v) is 32.9. The molecule has 6 heteroatoms. The summed E-state index contributed by atoms with van der Waals surface area (Å²) in [6.45, 7) is 60.5. The first-order valence-electron chi connectivity index (χ1n) is 34.2. The van der Waals surface area contributed by atoms with Crippen LogP contribution in [0.2, 0.25) is 6.04 Å². The van der Waals surface area contributed by atoms with Gasteiger partial charge in [-0.2, -0.15) is 0 Å². The van der Waals surface area contributed by atoms with Gasteiger partial charge in [-0.05, 0) is 262 Å². The van der Waals surface area contributed by atoms with E-state index in [-0.39, 0.29) is 11.8 Å². The summed E-state index contributed by atoms with van der Waals surface area (Å²) in [7, 11) is -2.67. The van der Waals surface area contributed by atoms with Crippen LogP contribution < -0.4 is 5.32 Å². The van der Waals surface area contributed by atoms with Crippen molar-refractivity contribution >= 4 is 14.7 Å². The molecule has 0 aromatic heterocycles. The van der Waals surface area contributed by atoms with Crippen LogP contribution in [0.1, 0.15) is 301 Å². The summed E-state index contributed by atoms with van der Waals surface area (Å²) in [6, 6.07) is 0.731. The van der Waals surface area contributed by atoms with E-state index in [0.29, 0.717) is 38.2 Å². The average Bonchev–Trinajstić information content (AvgIpc) is 3.26. The molecule has 0 spiro atoms. The van der Waals surface area contributed by atoms with Crippen LogP contribution in [-0.2, 0) is 18.1 Å². The fraction of sp³-hybridized carbons (Fsp3) is 0.986. The van der Waals surface area contributed by atoms with Gasteiger partial charge in [0.05, 0.1) is 0 Å². The zero-order valence-electron chi connectivity index (χ0n) is 57.1. The topological polar surface area (TPSA) is 56.8 Å². The standard InChI is InChI=1S/C71H145NO4Si/c1-25-51(5)32-52(6)33-53(7)34-54(8)35-55(9)36-56(10)37-57(11)38-58(12)39-59(13)40-60(14)41-61(15)42-62(16)43-63(17)44-64(18)45-65(19)46-66(20)47-67(21)48-68(22)49-69(23)50-70(24)71(73)72-30-29-31-77(74-26-2,75-27-3)76-28-4/h51-70H,25-50H2,1-24H3,(H,72,73). The lowest BCUT2D eigenvalue weighted by molar-refractivity contribution is -0.125. The average molecular weight is 1110 g/mol. The van der Waals surface area contributed by atoms with Gasteiger partial charge in [0.2, 0.25) is 5.91 Å². The van der Waals surface area contributed by atoms with Gasteiger partial charge >= 0.3 is 8.80 Å². The van der Waals surface area contributed by atoms with Crippen molar-refractivity contribution in [2.45, 2.75) is 307 Å². The molecule has 20 unspecified atom stereocenters. The maximum atomic E-state index is 13.0. The predicted molar refractivity (Wildman–Crippen MR) is 344 cm³/mol. The highest BCUT2D eigenvalue weighted by Crippen LogP contribution is 2.36. The Kier molecular flexibility index (Phi) is 43.0. The summed E-state index contributed by atoms with van der Waals surface area (Å²) in [5.74, 6) is 15.4. The Bertz CT molecular complexity index is 1380. The lowest BCUT2D eigenvalue weighted by atomic mass is 9.78. The zero-order chi connectivity index (χ0) is 58.8. The van der Waals surface area contributed by atoms with Crippen LogP contribution in [0.3, 0.4) is 0 Å². The monoisotopic (exact) mass is 1100 g/mol. The minimum Gasteiger partial charge on any atom is -0.374 e. The van der Waals surface area contributed by atoms with Gasteiger partial charge < -0.3 is 18.6 Å². The van der Waals surface area contributed by atoms with Gasteiger partial charge in [-0.25, -0.2) is 0 Å². The largest absolute Gasteiger partial charge is 0.500 e. The van der Waals surface area contributed by atoms with E-state index < -0.39 is 8.80 Å². The van der Waals surface area contributed by atoms with E-state index in [2.05, 4.69) is 151 Å². The SMILES string of the molecule is CCO[Si](CCCNC(=O)C(C)CC(C)CC(C)CC(C)CC(C)CC(C)CC(C)CC(C)CC(C)CC(C)CC(C)CC(C)CC(C)CC(C)CC(C)CC(C)CC(C)CC(C)CC(C)CC(C)CC)(OCC)OCC. The van der Waals surface area contributed by atoms with Crippen molar-refractivity contribution in [2.24, 2.45) is 118 Å². The lowest BCUT2D eigenvalue weighted by Crippen LogP contribution is -2.46. The van der Waals surface area contributed by atoms with Crippen LogP contribution in [0.25, 0.3) is 0 Å². The molecule has 0 fully saturated rings. The second kappa shape index (κ2) is 43.2. The molecular formula is C71H145NO4Si. The molecular weight excluding hydrogens is 959 g/mol. The van der Waals surface area contributed by atoms with Crippen molar-refractivity contribution < 1.29 is 18.1 Å². The van der Waals surface area contributed by atoms with Crippen LogP contribution in [0.15, 0.2) is 0 Å². The number of hydrogen-bond donors (Lipinski definition) is 1. The highest BCUT2D eigenvalue weighted by atomic mass is 28.4. The molecule has 0 radical (unpaired) electrons. The Hall–Kier alpha value is -0.433. The first kappa shape index (κ1) is 76.6. The lowest BCUT2D eigenvalue weighted by Gasteiger charge is -2.28. The maximum Gasteiger partial charge on any atom is 0.500 e. The van der Waals surface area contributed by atoms with Crippen LogP contribution in [-0.4, -0.2) is 41.1 Å². The van der Waals surface area contributed by atoms with Crippen LogP contribution in [0.4, 0.5) is 0 Å². The van der Waals surface area contributed by atoms with E-state index in [1.807, 2.05) is 20.8 Å². The Morgan fingerprint density at radius 1 is 0.299 bits per heavy atom. The van der Waals surface area contributed by atoms with E-state index in [1.54, 1.807) is 0 Å². The summed E-state index contributed by atoms with van der Waals surface area (Å²) in [5.41, 5.74) is 0. The molecule has 0 aromatic rings. The number of nitrogens with one attached hydrogen (secondary N) is 1. The first-order valence-corrected chi connectivity index (χ1v) is 36.2. The predicted octanol–water partition coefficient (Wildman–Crippen LogP) is 22.1. The molecule has 0 aliphatic carbocycles. The number of rotatable bonds is 50. The molecule has 0 saturated heterocycles. The third-order valence-corrected chi connectivity index (χ3v) is 21.6. The van der Waals surface area contributed by atoms with Gasteiger partial charge in [0, 0.05) is 38.3 Å². The number of carbonyl (C=O) groups is 1. The summed E-state index contributed by atoms with van der Waals surface area (Å²) >= 11 is 0. The van der Waals surface area contributed by atoms with Gasteiger partial charge in [0.1, 0.15) is 0 Å². The molecule has 1 amide bonds. The molecule has 0 rings (SSSR count). The van der Waals surface area contributed by atoms with Gasteiger partial charge in [-0.15, -0.1) is 0 Å². The molecule has 462 valence electrons. The maximum absolute atomic E-state index is 13.0. The zero-order valence-corrected chi connectivity index (χ0v) is 58.1. The third-order valence-electron chi connectivity index (χ3n) is 18.4. The molecule has 0 saturated carbocycles. The normalized spacial score (nSPS) is 20.5. The van der Waals surface area contributed by atoms with E-state index in [1.165, 1.54) is 122 Å². The third kappa shape index (κ3) is 39.6. The van der Waals surface area contributed by atoms with Crippen molar-refractivity contribution in [1.29, 1.82) is 0 Å². The Balaban J connectivity index is 4.51. The van der Waals surface area contributed by atoms with E-state index in [9.17, 15) is 4.79 Å². The molecule has 0 aliphatic heterocycles. The smallest absolute Gasteiger partial charge is 0.374 e. The van der Waals surface area contributed by atoms with Gasteiger partial charge in [-0.3, -0.25) is 4.79 Å². The Morgan fingerprint density at radius 2 is 0.481 bits per heavy atom. The summed E-state index contributed by atoms with van der Waals surface area (Å²) in [4.78, 5) is 13.0. The molecule has 0 heterocycles. The van der Waals surface area contributed by atoms with E-state index >= 15 is 0 Å². The minimum absolute atomic E-state index is 0.0214. The number of hydrogen-bond acceptors (Lipinski definition) is 4. The van der Waals surface area contributed by atoms with Crippen LogP contribution >= 0.6 is 0 Å².